The van der Waals surface area contributed by atoms with Gasteiger partial charge in [-0.2, -0.15) is 5.10 Å². The number of halogens is 1. The first-order valence-electron chi connectivity index (χ1n) is 13.6. The SMILES string of the molecule is Fc1cccc(C2CCCN2C2=NN3C(=NCC3c3cccc(N4CCN(c5cnccn5)CC4)n3)C=C2)c1. The molecule has 2 atom stereocenters. The molecule has 0 N–H and O–H groups in total. The molecule has 198 valence electrons. The number of anilines is 2. The minimum atomic E-state index is -0.199. The van der Waals surface area contributed by atoms with Gasteiger partial charge >= 0.3 is 0 Å². The summed E-state index contributed by atoms with van der Waals surface area (Å²) in [5.74, 6) is 3.44. The van der Waals surface area contributed by atoms with Gasteiger partial charge in [-0.3, -0.25) is 9.98 Å². The normalized spacial score (nSPS) is 22.7. The lowest BCUT2D eigenvalue weighted by atomic mass is 10.0. The highest BCUT2D eigenvalue weighted by Gasteiger charge is 2.35. The van der Waals surface area contributed by atoms with Crippen molar-refractivity contribution in [1.29, 1.82) is 0 Å². The Morgan fingerprint density at radius 1 is 0.821 bits per heavy atom. The van der Waals surface area contributed by atoms with Gasteiger partial charge in [0.05, 0.1) is 24.5 Å². The number of hydrogen-bond donors (Lipinski definition) is 0. The molecule has 4 aliphatic heterocycles. The maximum absolute atomic E-state index is 14.0. The molecule has 39 heavy (non-hydrogen) atoms. The molecule has 7 rings (SSSR count). The molecular weight excluding hydrogens is 493 g/mol. The zero-order chi connectivity index (χ0) is 26.2. The number of amidine groups is 2. The third-order valence-corrected chi connectivity index (χ3v) is 7.90. The lowest BCUT2D eigenvalue weighted by Crippen LogP contribution is -2.47. The van der Waals surface area contributed by atoms with Crippen LogP contribution >= 0.6 is 0 Å². The van der Waals surface area contributed by atoms with Crippen molar-refractivity contribution in [1.82, 2.24) is 24.9 Å². The molecule has 0 amide bonds. The fourth-order valence-corrected chi connectivity index (χ4v) is 5.93. The first-order chi connectivity index (χ1) is 19.2. The number of nitrogens with zero attached hydrogens (tertiary/aromatic N) is 9. The molecule has 2 unspecified atom stereocenters. The number of pyridine rings is 1. The number of fused-ring (bicyclic) bond motifs is 1. The summed E-state index contributed by atoms with van der Waals surface area (Å²) in [6.07, 6.45) is 11.4. The van der Waals surface area contributed by atoms with Crippen LogP contribution in [0.1, 0.15) is 36.2 Å². The highest BCUT2D eigenvalue weighted by atomic mass is 19.1. The second-order valence-electron chi connectivity index (χ2n) is 10.2. The van der Waals surface area contributed by atoms with E-state index >= 15 is 0 Å². The van der Waals surface area contributed by atoms with Gasteiger partial charge in [-0.15, -0.1) is 0 Å². The largest absolute Gasteiger partial charge is 0.353 e. The summed E-state index contributed by atoms with van der Waals surface area (Å²) in [4.78, 5) is 25.3. The first-order valence-corrected chi connectivity index (χ1v) is 13.6. The number of aromatic nitrogens is 3. The predicted octanol–water partition coefficient (Wildman–Crippen LogP) is 3.81. The highest BCUT2D eigenvalue weighted by molar-refractivity contribution is 6.06. The van der Waals surface area contributed by atoms with Gasteiger partial charge in [-0.1, -0.05) is 18.2 Å². The zero-order valence-electron chi connectivity index (χ0n) is 21.6. The smallest absolute Gasteiger partial charge is 0.149 e. The Morgan fingerprint density at radius 2 is 1.64 bits per heavy atom. The number of benzene rings is 1. The average Bonchev–Trinajstić information content (AvgIpc) is 3.65. The molecular formula is C29H30FN9. The average molecular weight is 524 g/mol. The van der Waals surface area contributed by atoms with Crippen molar-refractivity contribution in [2.75, 3.05) is 49.1 Å². The minimum absolute atomic E-state index is 0.0593. The van der Waals surface area contributed by atoms with Crippen LogP contribution in [0, 0.1) is 5.82 Å². The van der Waals surface area contributed by atoms with Crippen LogP contribution in [0.3, 0.4) is 0 Å². The summed E-state index contributed by atoms with van der Waals surface area (Å²) < 4.78 is 14.0. The topological polar surface area (TPSA) is 76.3 Å². The minimum Gasteiger partial charge on any atom is -0.353 e. The van der Waals surface area contributed by atoms with Gasteiger partial charge in [0.2, 0.25) is 0 Å². The van der Waals surface area contributed by atoms with E-state index in [2.05, 4.69) is 42.9 Å². The van der Waals surface area contributed by atoms with Crippen LogP contribution in [-0.4, -0.2) is 75.8 Å². The van der Waals surface area contributed by atoms with E-state index in [1.165, 1.54) is 6.07 Å². The van der Waals surface area contributed by atoms with Crippen LogP contribution in [0.15, 0.2) is 83.3 Å². The van der Waals surface area contributed by atoms with Crippen LogP contribution in [0.5, 0.6) is 0 Å². The summed E-state index contributed by atoms with van der Waals surface area (Å²) in [5.41, 5.74) is 1.96. The van der Waals surface area contributed by atoms with Gasteiger partial charge in [0.15, 0.2) is 0 Å². The van der Waals surface area contributed by atoms with E-state index in [0.717, 1.165) is 80.1 Å². The lowest BCUT2D eigenvalue weighted by Gasteiger charge is -2.36. The van der Waals surface area contributed by atoms with Crippen molar-refractivity contribution >= 4 is 23.3 Å². The van der Waals surface area contributed by atoms with Crippen LogP contribution < -0.4 is 9.80 Å². The van der Waals surface area contributed by atoms with Crippen molar-refractivity contribution in [2.45, 2.75) is 24.9 Å². The molecule has 0 radical (unpaired) electrons. The van der Waals surface area contributed by atoms with E-state index < -0.39 is 0 Å². The molecule has 10 heteroatoms. The lowest BCUT2D eigenvalue weighted by molar-refractivity contribution is 0.337. The predicted molar refractivity (Wildman–Crippen MR) is 149 cm³/mol. The Labute approximate surface area is 227 Å². The van der Waals surface area contributed by atoms with Gasteiger partial charge < -0.3 is 14.7 Å². The van der Waals surface area contributed by atoms with E-state index in [1.807, 2.05) is 29.4 Å². The molecule has 0 aliphatic carbocycles. The molecule has 9 nitrogen and oxygen atoms in total. The monoisotopic (exact) mass is 523 g/mol. The molecule has 2 fully saturated rings. The van der Waals surface area contributed by atoms with Crippen molar-refractivity contribution in [2.24, 2.45) is 10.1 Å². The molecule has 0 saturated carbocycles. The zero-order valence-corrected chi connectivity index (χ0v) is 21.6. The van der Waals surface area contributed by atoms with Crippen LogP contribution in [0.25, 0.3) is 0 Å². The molecule has 6 heterocycles. The molecule has 3 aromatic rings. The van der Waals surface area contributed by atoms with Crippen molar-refractivity contribution in [3.05, 3.63) is 90.3 Å². The third kappa shape index (κ3) is 4.60. The van der Waals surface area contributed by atoms with Crippen molar-refractivity contribution in [3.63, 3.8) is 0 Å². The number of piperazine rings is 1. The van der Waals surface area contributed by atoms with Gasteiger partial charge in [0, 0.05) is 45.1 Å². The van der Waals surface area contributed by atoms with E-state index in [-0.39, 0.29) is 17.9 Å². The number of hydrogen-bond acceptors (Lipinski definition) is 9. The quantitative estimate of drug-likeness (QED) is 0.515. The molecule has 2 saturated heterocycles. The second-order valence-corrected chi connectivity index (χ2v) is 10.2. The van der Waals surface area contributed by atoms with Crippen molar-refractivity contribution < 1.29 is 4.39 Å². The van der Waals surface area contributed by atoms with Crippen molar-refractivity contribution in [3.8, 4) is 0 Å². The van der Waals surface area contributed by atoms with Crippen LogP contribution in [0.2, 0.25) is 0 Å². The highest BCUT2D eigenvalue weighted by Crippen LogP contribution is 2.35. The van der Waals surface area contributed by atoms with Gasteiger partial charge in [-0.25, -0.2) is 19.4 Å². The Kier molecular flexibility index (Phi) is 6.14. The number of likely N-dealkylation sites (tertiary alicyclic amines) is 1. The second kappa shape index (κ2) is 10.1. The number of rotatable bonds is 4. The number of aliphatic imine (C=N–C) groups is 1. The van der Waals surface area contributed by atoms with E-state index in [1.54, 1.807) is 24.5 Å². The fourth-order valence-electron chi connectivity index (χ4n) is 5.93. The summed E-state index contributed by atoms with van der Waals surface area (Å²) >= 11 is 0. The van der Waals surface area contributed by atoms with Gasteiger partial charge in [0.25, 0.3) is 0 Å². The maximum Gasteiger partial charge on any atom is 0.149 e. The van der Waals surface area contributed by atoms with Crippen LogP contribution in [-0.2, 0) is 0 Å². The third-order valence-electron chi connectivity index (χ3n) is 7.90. The Hall–Kier alpha value is -4.34. The maximum atomic E-state index is 14.0. The Balaban J connectivity index is 1.08. The number of hydrazone groups is 1. The van der Waals surface area contributed by atoms with E-state index in [4.69, 9.17) is 15.1 Å². The summed E-state index contributed by atoms with van der Waals surface area (Å²) in [6, 6.07) is 13.2. The Bertz CT molecular complexity index is 1430. The van der Waals surface area contributed by atoms with Gasteiger partial charge in [-0.05, 0) is 54.8 Å². The first kappa shape index (κ1) is 23.8. The molecule has 0 bridgehead atoms. The molecule has 1 aromatic carbocycles. The molecule has 2 aromatic heterocycles. The van der Waals surface area contributed by atoms with E-state index in [0.29, 0.717) is 6.54 Å². The molecule has 0 spiro atoms. The summed E-state index contributed by atoms with van der Waals surface area (Å²) in [6.45, 7) is 4.97. The summed E-state index contributed by atoms with van der Waals surface area (Å²) in [5, 5.41) is 7.07. The van der Waals surface area contributed by atoms with Crippen LogP contribution in [0.4, 0.5) is 16.0 Å². The Morgan fingerprint density at radius 3 is 2.46 bits per heavy atom. The van der Waals surface area contributed by atoms with Gasteiger partial charge in [0.1, 0.15) is 35.2 Å². The standard InChI is InChI=1S/C29H30FN9/c30-22-5-1-4-21(18-22)24-7-3-13-38(24)28-10-9-26-33-19-25(39(26)35-28)23-6-2-8-27(34-23)36-14-16-37(17-15-36)29-20-31-11-12-32-29/h1-2,4-6,8-12,18,20,24-25H,3,7,13-17,19H2. The fraction of sp³-hybridized carbons (Fsp3) is 0.345. The summed E-state index contributed by atoms with van der Waals surface area (Å²) in [7, 11) is 0. The molecule has 4 aliphatic rings. The van der Waals surface area contributed by atoms with E-state index in [9.17, 15) is 4.39 Å².